The molecule has 218 valence electrons. The number of amides is 1. The van der Waals surface area contributed by atoms with E-state index in [0.29, 0.717) is 25.0 Å². The van der Waals surface area contributed by atoms with E-state index in [9.17, 15) is 4.79 Å². The Morgan fingerprint density at radius 2 is 1.82 bits per heavy atom. The molecule has 1 aliphatic rings. The summed E-state index contributed by atoms with van der Waals surface area (Å²) in [5.41, 5.74) is 3.10. The highest BCUT2D eigenvalue weighted by molar-refractivity contribution is 5.82. The van der Waals surface area contributed by atoms with Gasteiger partial charge < -0.3 is 20.3 Å². The van der Waals surface area contributed by atoms with Gasteiger partial charge in [0.1, 0.15) is 12.4 Å². The van der Waals surface area contributed by atoms with Crippen LogP contribution in [0.15, 0.2) is 78.4 Å². The summed E-state index contributed by atoms with van der Waals surface area (Å²) < 4.78 is 6.00. The van der Waals surface area contributed by atoms with Gasteiger partial charge in [0.2, 0.25) is 5.91 Å². The SMILES string of the molecule is CC(C)=CCN(CC(C)(C)NC(=O)[C@H](CC(C)C)NCC1C=CCCC1)c1ccc(OCc2ccccc2)cc1. The van der Waals surface area contributed by atoms with Crippen molar-refractivity contribution in [3.05, 3.63) is 84.0 Å². The third-order valence-electron chi connectivity index (χ3n) is 7.22. The Labute approximate surface area is 243 Å². The molecule has 1 unspecified atom stereocenters. The van der Waals surface area contributed by atoms with Crippen LogP contribution in [0.25, 0.3) is 0 Å². The Hall–Kier alpha value is -3.05. The minimum atomic E-state index is -0.420. The average molecular weight is 546 g/mol. The van der Waals surface area contributed by atoms with Gasteiger partial charge in [-0.25, -0.2) is 0 Å². The summed E-state index contributed by atoms with van der Waals surface area (Å²) in [7, 11) is 0. The highest BCUT2D eigenvalue weighted by Gasteiger charge is 2.28. The molecule has 0 spiro atoms. The maximum atomic E-state index is 13.5. The van der Waals surface area contributed by atoms with Crippen molar-refractivity contribution in [2.75, 3.05) is 24.5 Å². The van der Waals surface area contributed by atoms with Gasteiger partial charge in [-0.15, -0.1) is 0 Å². The van der Waals surface area contributed by atoms with Crippen molar-refractivity contribution >= 4 is 11.6 Å². The van der Waals surface area contributed by atoms with Gasteiger partial charge in [-0.3, -0.25) is 4.79 Å². The van der Waals surface area contributed by atoms with Gasteiger partial charge in [-0.1, -0.05) is 68.0 Å². The molecule has 0 bridgehead atoms. The van der Waals surface area contributed by atoms with Gasteiger partial charge in [-0.2, -0.15) is 0 Å². The molecule has 0 aromatic heterocycles. The summed E-state index contributed by atoms with van der Waals surface area (Å²) >= 11 is 0. The molecule has 5 nitrogen and oxygen atoms in total. The number of hydrogen-bond acceptors (Lipinski definition) is 4. The van der Waals surface area contributed by atoms with Crippen molar-refractivity contribution < 1.29 is 9.53 Å². The average Bonchev–Trinajstić information content (AvgIpc) is 2.93. The second-order valence-corrected chi connectivity index (χ2v) is 12.5. The maximum absolute atomic E-state index is 13.5. The summed E-state index contributed by atoms with van der Waals surface area (Å²) in [5, 5.41) is 6.98. The first kappa shape index (κ1) is 31.5. The lowest BCUT2D eigenvalue weighted by Gasteiger charge is -2.36. The van der Waals surface area contributed by atoms with Crippen molar-refractivity contribution in [1.29, 1.82) is 0 Å². The molecule has 0 aliphatic heterocycles. The van der Waals surface area contributed by atoms with Crippen LogP contribution in [-0.2, 0) is 11.4 Å². The summed E-state index contributed by atoms with van der Waals surface area (Å²) in [4.78, 5) is 15.9. The van der Waals surface area contributed by atoms with Gasteiger partial charge in [0.15, 0.2) is 0 Å². The smallest absolute Gasteiger partial charge is 0.237 e. The molecule has 0 radical (unpaired) electrons. The highest BCUT2D eigenvalue weighted by Crippen LogP contribution is 2.23. The molecule has 40 heavy (non-hydrogen) atoms. The zero-order valence-corrected chi connectivity index (χ0v) is 25.6. The van der Waals surface area contributed by atoms with Crippen LogP contribution < -0.4 is 20.3 Å². The van der Waals surface area contributed by atoms with E-state index in [1.54, 1.807) is 0 Å². The molecule has 2 atom stereocenters. The van der Waals surface area contributed by atoms with Gasteiger partial charge in [0, 0.05) is 25.3 Å². The number of anilines is 1. The fraction of sp³-hybridized carbons (Fsp3) is 0.514. The monoisotopic (exact) mass is 545 g/mol. The highest BCUT2D eigenvalue weighted by atomic mass is 16.5. The lowest BCUT2D eigenvalue weighted by atomic mass is 9.94. The second-order valence-electron chi connectivity index (χ2n) is 12.5. The molecular formula is C35H51N3O2. The zero-order valence-electron chi connectivity index (χ0n) is 25.6. The number of ether oxygens (including phenoxy) is 1. The molecule has 0 saturated heterocycles. The molecule has 0 heterocycles. The van der Waals surface area contributed by atoms with Crippen molar-refractivity contribution in [3.8, 4) is 5.75 Å². The lowest BCUT2D eigenvalue weighted by molar-refractivity contribution is -0.125. The van der Waals surface area contributed by atoms with Crippen LogP contribution in [-0.4, -0.2) is 37.1 Å². The lowest BCUT2D eigenvalue weighted by Crippen LogP contribution is -2.57. The normalized spacial score (nSPS) is 15.9. The molecule has 1 aliphatic carbocycles. The van der Waals surface area contributed by atoms with Crippen molar-refractivity contribution in [3.63, 3.8) is 0 Å². The minimum Gasteiger partial charge on any atom is -0.489 e. The number of nitrogens with one attached hydrogen (secondary N) is 2. The molecule has 3 rings (SSSR count). The number of allylic oxidation sites excluding steroid dienone is 2. The van der Waals surface area contributed by atoms with Gasteiger partial charge in [0.25, 0.3) is 0 Å². The Morgan fingerprint density at radius 3 is 2.45 bits per heavy atom. The van der Waals surface area contributed by atoms with Crippen molar-refractivity contribution in [2.24, 2.45) is 11.8 Å². The number of carbonyl (C=O) groups excluding carboxylic acids is 1. The van der Waals surface area contributed by atoms with Crippen LogP contribution in [0.2, 0.25) is 0 Å². The fourth-order valence-corrected chi connectivity index (χ4v) is 5.09. The molecule has 0 saturated carbocycles. The first-order valence-electron chi connectivity index (χ1n) is 15.0. The molecule has 2 N–H and O–H groups in total. The second kappa shape index (κ2) is 15.7. The number of hydrogen-bond donors (Lipinski definition) is 2. The summed E-state index contributed by atoms with van der Waals surface area (Å²) in [6.45, 7) is 15.7. The van der Waals surface area contributed by atoms with Crippen LogP contribution in [0, 0.1) is 11.8 Å². The Morgan fingerprint density at radius 1 is 1.10 bits per heavy atom. The summed E-state index contributed by atoms with van der Waals surface area (Å²) in [5.74, 6) is 1.89. The van der Waals surface area contributed by atoms with E-state index in [1.165, 1.54) is 24.8 Å². The van der Waals surface area contributed by atoms with E-state index in [-0.39, 0.29) is 11.9 Å². The Kier molecular flexibility index (Phi) is 12.3. The predicted molar refractivity (Wildman–Crippen MR) is 169 cm³/mol. The molecule has 1 amide bonds. The van der Waals surface area contributed by atoms with Crippen LogP contribution in [0.4, 0.5) is 5.69 Å². The van der Waals surface area contributed by atoms with E-state index >= 15 is 0 Å². The van der Waals surface area contributed by atoms with E-state index in [0.717, 1.165) is 36.5 Å². The number of carbonyl (C=O) groups is 1. The minimum absolute atomic E-state index is 0.0883. The Balaban J connectivity index is 1.65. The number of nitrogens with zero attached hydrogens (tertiary/aromatic N) is 1. The van der Waals surface area contributed by atoms with Gasteiger partial charge in [0.05, 0.1) is 11.6 Å². The van der Waals surface area contributed by atoms with Gasteiger partial charge >= 0.3 is 0 Å². The summed E-state index contributed by atoms with van der Waals surface area (Å²) in [6.07, 6.45) is 11.2. The Bertz CT molecular complexity index is 1090. The van der Waals surface area contributed by atoms with E-state index < -0.39 is 5.54 Å². The van der Waals surface area contributed by atoms with Crippen molar-refractivity contribution in [2.45, 2.75) is 85.4 Å². The van der Waals surface area contributed by atoms with E-state index in [1.807, 2.05) is 30.3 Å². The molecule has 0 fully saturated rings. The molecular weight excluding hydrogens is 494 g/mol. The molecule has 2 aromatic carbocycles. The largest absolute Gasteiger partial charge is 0.489 e. The zero-order chi connectivity index (χ0) is 29.0. The fourth-order valence-electron chi connectivity index (χ4n) is 5.09. The third kappa shape index (κ3) is 11.2. The first-order chi connectivity index (χ1) is 19.1. The third-order valence-corrected chi connectivity index (χ3v) is 7.22. The maximum Gasteiger partial charge on any atom is 0.237 e. The van der Waals surface area contributed by atoms with Crippen LogP contribution in [0.5, 0.6) is 5.75 Å². The predicted octanol–water partition coefficient (Wildman–Crippen LogP) is 7.29. The van der Waals surface area contributed by atoms with Gasteiger partial charge in [-0.05, 0) is 95.0 Å². The van der Waals surface area contributed by atoms with Crippen LogP contribution in [0.3, 0.4) is 0 Å². The first-order valence-corrected chi connectivity index (χ1v) is 15.0. The number of rotatable bonds is 15. The number of benzene rings is 2. The topological polar surface area (TPSA) is 53.6 Å². The van der Waals surface area contributed by atoms with E-state index in [4.69, 9.17) is 4.74 Å². The summed E-state index contributed by atoms with van der Waals surface area (Å²) in [6, 6.07) is 18.3. The van der Waals surface area contributed by atoms with Crippen LogP contribution >= 0.6 is 0 Å². The standard InChI is InChI=1S/C35H51N3O2/c1-27(2)21-22-38(31-17-19-32(20-18-31)40-25-30-15-11-8-12-16-30)26-35(5,6)37-34(39)33(23-28(3)4)36-24-29-13-9-7-10-14-29/h8-9,11-13,15-21,28-29,33,36H,7,10,14,22-26H2,1-6H3,(H,37,39)/t29?,33-/m0/s1. The van der Waals surface area contributed by atoms with Crippen molar-refractivity contribution in [1.82, 2.24) is 10.6 Å². The van der Waals surface area contributed by atoms with Crippen LogP contribution in [0.1, 0.15) is 72.8 Å². The van der Waals surface area contributed by atoms with E-state index in [2.05, 4.69) is 99.6 Å². The molecule has 2 aromatic rings. The molecule has 5 heteroatoms. The quantitative estimate of drug-likeness (QED) is 0.231.